The molecule has 1 unspecified atom stereocenters. The normalized spacial score (nSPS) is 24.3. The topological polar surface area (TPSA) is 32.8 Å². The first-order valence-corrected chi connectivity index (χ1v) is 7.90. The van der Waals surface area contributed by atoms with Crippen LogP contribution in [0.5, 0.6) is 0 Å². The van der Waals surface area contributed by atoms with Gasteiger partial charge in [0.15, 0.2) is 6.23 Å². The maximum absolute atomic E-state index is 12.5. The minimum Gasteiger partial charge on any atom is -0.311 e. The van der Waals surface area contributed by atoms with Gasteiger partial charge in [0.1, 0.15) is 0 Å². The summed E-state index contributed by atoms with van der Waals surface area (Å²) in [5.41, 5.74) is 0.805. The van der Waals surface area contributed by atoms with Gasteiger partial charge in [-0.15, -0.1) is 11.3 Å². The zero-order chi connectivity index (χ0) is 13.2. The lowest BCUT2D eigenvalue weighted by Crippen LogP contribution is -2.40. The summed E-state index contributed by atoms with van der Waals surface area (Å²) in [5.74, 6) is 0.117. The average Bonchev–Trinajstić information content (AvgIpc) is 3.10. The summed E-state index contributed by atoms with van der Waals surface area (Å²) >= 11 is 1.63. The second-order valence-corrected chi connectivity index (χ2v) is 6.40. The number of likely N-dealkylation sites (tertiary alicyclic amines) is 1. The Bertz CT molecular complexity index is 454. The fourth-order valence-electron chi connectivity index (χ4n) is 2.77. The van der Waals surface area contributed by atoms with E-state index in [4.69, 9.17) is 4.84 Å². The summed E-state index contributed by atoms with van der Waals surface area (Å²) in [5, 5.41) is 3.97. The Balaban J connectivity index is 1.66. The lowest BCUT2D eigenvalue weighted by Gasteiger charge is -2.28. The summed E-state index contributed by atoms with van der Waals surface area (Å²) in [7, 11) is 0. The Hall–Kier alpha value is -0.910. The summed E-state index contributed by atoms with van der Waals surface area (Å²) < 4.78 is 0. The van der Waals surface area contributed by atoms with Crippen LogP contribution >= 0.6 is 11.3 Å². The molecule has 3 heterocycles. The molecular formula is C14H20N2O2S. The summed E-state index contributed by atoms with van der Waals surface area (Å²) in [6, 6.07) is 1.97. The predicted octanol–water partition coefficient (Wildman–Crippen LogP) is 2.65. The van der Waals surface area contributed by atoms with Crippen molar-refractivity contribution in [2.24, 2.45) is 0 Å². The number of aryl methyl sites for hydroxylation is 1. The highest BCUT2D eigenvalue weighted by atomic mass is 32.1. The van der Waals surface area contributed by atoms with Crippen LogP contribution in [0.15, 0.2) is 11.4 Å². The molecule has 104 valence electrons. The van der Waals surface area contributed by atoms with Gasteiger partial charge in [0.2, 0.25) is 0 Å². The second-order valence-electron chi connectivity index (χ2n) is 5.28. The molecule has 1 amide bonds. The van der Waals surface area contributed by atoms with Gasteiger partial charge in [0.05, 0.1) is 5.56 Å². The van der Waals surface area contributed by atoms with Crippen LogP contribution in [0.25, 0.3) is 0 Å². The minimum absolute atomic E-state index is 0.0641. The van der Waals surface area contributed by atoms with Crippen LogP contribution in [0.2, 0.25) is 0 Å². The van der Waals surface area contributed by atoms with E-state index in [2.05, 4.69) is 0 Å². The molecule has 5 heteroatoms. The zero-order valence-electron chi connectivity index (χ0n) is 11.3. The van der Waals surface area contributed by atoms with Gasteiger partial charge in [-0.25, -0.2) is 0 Å². The maximum Gasteiger partial charge on any atom is 0.256 e. The fraction of sp³-hybridized carbons (Fsp3) is 0.643. The average molecular weight is 280 g/mol. The third kappa shape index (κ3) is 2.83. The molecule has 0 N–H and O–H groups in total. The molecule has 0 saturated carbocycles. The molecule has 0 spiro atoms. The number of amides is 1. The standard InChI is InChI=1S/C14H20N2O2S/c1-11-9-12(10-19-11)14(17)16-8-4-5-13(16)18-15-6-2-3-7-15/h9-10,13H,2-8H2,1H3. The van der Waals surface area contributed by atoms with Crippen molar-refractivity contribution in [2.45, 2.75) is 38.8 Å². The first-order chi connectivity index (χ1) is 9.24. The van der Waals surface area contributed by atoms with Crippen molar-refractivity contribution < 1.29 is 9.63 Å². The molecule has 1 atom stereocenters. The number of hydrogen-bond donors (Lipinski definition) is 0. The van der Waals surface area contributed by atoms with Crippen LogP contribution in [0.4, 0.5) is 0 Å². The molecule has 0 radical (unpaired) electrons. The third-order valence-corrected chi connectivity index (χ3v) is 4.63. The molecule has 4 nitrogen and oxygen atoms in total. The Labute approximate surface area is 117 Å². The van der Waals surface area contributed by atoms with Crippen molar-refractivity contribution in [1.82, 2.24) is 9.96 Å². The van der Waals surface area contributed by atoms with Crippen molar-refractivity contribution in [1.29, 1.82) is 0 Å². The van der Waals surface area contributed by atoms with E-state index in [0.29, 0.717) is 0 Å². The van der Waals surface area contributed by atoms with Crippen molar-refractivity contribution >= 4 is 17.2 Å². The van der Waals surface area contributed by atoms with Crippen LogP contribution in [0, 0.1) is 6.92 Å². The fourth-order valence-corrected chi connectivity index (χ4v) is 3.44. The lowest BCUT2D eigenvalue weighted by atomic mass is 10.3. The smallest absolute Gasteiger partial charge is 0.256 e. The van der Waals surface area contributed by atoms with E-state index in [0.717, 1.165) is 38.0 Å². The van der Waals surface area contributed by atoms with E-state index in [-0.39, 0.29) is 12.1 Å². The van der Waals surface area contributed by atoms with Gasteiger partial charge in [0.25, 0.3) is 5.91 Å². The molecule has 2 aliphatic rings. The first kappa shape index (κ1) is 13.1. The number of thiophene rings is 1. The first-order valence-electron chi connectivity index (χ1n) is 7.02. The van der Waals surface area contributed by atoms with Gasteiger partial charge >= 0.3 is 0 Å². The van der Waals surface area contributed by atoms with Crippen LogP contribution < -0.4 is 0 Å². The quantitative estimate of drug-likeness (QED) is 0.853. The summed E-state index contributed by atoms with van der Waals surface area (Å²) in [6.45, 7) is 4.84. The van der Waals surface area contributed by atoms with E-state index in [1.807, 2.05) is 28.3 Å². The van der Waals surface area contributed by atoms with Crippen LogP contribution in [0.3, 0.4) is 0 Å². The molecule has 0 aliphatic carbocycles. The van der Waals surface area contributed by atoms with E-state index >= 15 is 0 Å². The Kier molecular flexibility index (Phi) is 3.86. The van der Waals surface area contributed by atoms with Gasteiger partial charge in [-0.05, 0) is 38.7 Å². The molecule has 1 aromatic heterocycles. The number of hydrogen-bond acceptors (Lipinski definition) is 4. The molecular weight excluding hydrogens is 260 g/mol. The van der Waals surface area contributed by atoms with Gasteiger partial charge in [-0.2, -0.15) is 5.06 Å². The van der Waals surface area contributed by atoms with Crippen LogP contribution in [-0.4, -0.2) is 41.7 Å². The van der Waals surface area contributed by atoms with Gasteiger partial charge in [0, 0.05) is 29.9 Å². The van der Waals surface area contributed by atoms with Gasteiger partial charge in [-0.1, -0.05) is 0 Å². The van der Waals surface area contributed by atoms with Crippen molar-refractivity contribution in [2.75, 3.05) is 19.6 Å². The number of rotatable bonds is 3. The molecule has 3 rings (SSSR count). The van der Waals surface area contributed by atoms with E-state index in [1.165, 1.54) is 17.7 Å². The van der Waals surface area contributed by atoms with E-state index in [1.54, 1.807) is 11.3 Å². The maximum atomic E-state index is 12.5. The van der Waals surface area contributed by atoms with E-state index < -0.39 is 0 Å². The SMILES string of the molecule is Cc1cc(C(=O)N2CCCC2ON2CCCC2)cs1. The Morgan fingerprint density at radius 3 is 2.79 bits per heavy atom. The second kappa shape index (κ2) is 5.61. The monoisotopic (exact) mass is 280 g/mol. The predicted molar refractivity (Wildman–Crippen MR) is 75.0 cm³/mol. The number of carbonyl (C=O) groups is 1. The van der Waals surface area contributed by atoms with Gasteiger partial charge in [-0.3, -0.25) is 9.63 Å². The number of nitrogens with zero attached hydrogens (tertiary/aromatic N) is 2. The van der Waals surface area contributed by atoms with Crippen LogP contribution in [0.1, 0.15) is 40.9 Å². The lowest BCUT2D eigenvalue weighted by molar-refractivity contribution is -0.211. The highest BCUT2D eigenvalue weighted by Crippen LogP contribution is 2.25. The molecule has 2 saturated heterocycles. The summed E-state index contributed by atoms with van der Waals surface area (Å²) in [6.07, 6.45) is 4.32. The van der Waals surface area contributed by atoms with Crippen molar-refractivity contribution in [3.05, 3.63) is 21.9 Å². The Morgan fingerprint density at radius 1 is 1.32 bits per heavy atom. The Morgan fingerprint density at radius 2 is 2.11 bits per heavy atom. The number of hydroxylamine groups is 2. The third-order valence-electron chi connectivity index (χ3n) is 3.77. The highest BCUT2D eigenvalue weighted by Gasteiger charge is 2.32. The van der Waals surface area contributed by atoms with Crippen molar-refractivity contribution in [3.8, 4) is 0 Å². The molecule has 19 heavy (non-hydrogen) atoms. The summed E-state index contributed by atoms with van der Waals surface area (Å²) in [4.78, 5) is 21.5. The molecule has 1 aromatic rings. The molecule has 2 fully saturated rings. The highest BCUT2D eigenvalue weighted by molar-refractivity contribution is 7.10. The molecule has 0 bridgehead atoms. The zero-order valence-corrected chi connectivity index (χ0v) is 12.1. The number of carbonyl (C=O) groups excluding carboxylic acids is 1. The molecule has 2 aliphatic heterocycles. The van der Waals surface area contributed by atoms with Gasteiger partial charge < -0.3 is 4.90 Å². The van der Waals surface area contributed by atoms with E-state index in [9.17, 15) is 4.79 Å². The van der Waals surface area contributed by atoms with Crippen LogP contribution in [-0.2, 0) is 4.84 Å². The minimum atomic E-state index is -0.0641. The van der Waals surface area contributed by atoms with Crippen molar-refractivity contribution in [3.63, 3.8) is 0 Å². The largest absolute Gasteiger partial charge is 0.311 e. The molecule has 0 aromatic carbocycles.